The molecule has 0 radical (unpaired) electrons. The highest BCUT2D eigenvalue weighted by molar-refractivity contribution is 6.10. The number of nitrogens with one attached hydrogen (secondary N) is 2. The predicted octanol–water partition coefficient (Wildman–Crippen LogP) is 1.31. The molecule has 0 saturated carbocycles. The number of carbonyl (C=O) groups is 3. The van der Waals surface area contributed by atoms with Gasteiger partial charge >= 0.3 is 12.0 Å². The first-order valence-electron chi connectivity index (χ1n) is 6.41. The summed E-state index contributed by atoms with van der Waals surface area (Å²) in [4.78, 5) is 36.0. The highest BCUT2D eigenvalue weighted by atomic mass is 16.5. The first-order chi connectivity index (χ1) is 9.93. The Morgan fingerprint density at radius 3 is 2.33 bits per heavy atom. The van der Waals surface area contributed by atoms with Crippen molar-refractivity contribution in [3.63, 3.8) is 0 Å². The van der Waals surface area contributed by atoms with E-state index in [1.54, 1.807) is 31.2 Å². The fraction of sp³-hybridized carbons (Fsp3) is 0.267. The summed E-state index contributed by atoms with van der Waals surface area (Å²) in [5.41, 5.74) is 1.86. The number of hydrogen-bond acceptors (Lipinski definition) is 4. The second kappa shape index (κ2) is 5.78. The van der Waals surface area contributed by atoms with Crippen molar-refractivity contribution in [2.24, 2.45) is 0 Å². The fourth-order valence-electron chi connectivity index (χ4n) is 2.16. The molecule has 1 aliphatic rings. The average molecular weight is 288 g/mol. The molecule has 2 amide bonds. The third kappa shape index (κ3) is 2.94. The number of hydrogen-bond donors (Lipinski definition) is 2. The number of allylic oxidation sites excluding steroid dienone is 1. The maximum absolute atomic E-state index is 12.5. The third-order valence-electron chi connectivity index (χ3n) is 3.27. The molecule has 0 bridgehead atoms. The van der Waals surface area contributed by atoms with E-state index in [4.69, 9.17) is 4.74 Å². The minimum absolute atomic E-state index is 0.114. The van der Waals surface area contributed by atoms with Gasteiger partial charge < -0.3 is 15.4 Å². The molecule has 110 valence electrons. The maximum Gasteiger partial charge on any atom is 0.338 e. The van der Waals surface area contributed by atoms with Crippen LogP contribution < -0.4 is 10.6 Å². The minimum Gasteiger partial charge on any atom is -0.466 e. The summed E-state index contributed by atoms with van der Waals surface area (Å²) in [5, 5.41) is 4.93. The van der Waals surface area contributed by atoms with Crippen molar-refractivity contribution in [3.05, 3.63) is 46.7 Å². The number of esters is 1. The Balaban J connectivity index is 2.41. The van der Waals surface area contributed by atoms with E-state index in [0.29, 0.717) is 11.3 Å². The van der Waals surface area contributed by atoms with Gasteiger partial charge in [-0.15, -0.1) is 0 Å². The van der Waals surface area contributed by atoms with E-state index in [-0.39, 0.29) is 11.4 Å². The van der Waals surface area contributed by atoms with E-state index >= 15 is 0 Å². The number of rotatable bonds is 3. The van der Waals surface area contributed by atoms with Crippen LogP contribution in [0.25, 0.3) is 0 Å². The number of ether oxygens (including phenoxy) is 1. The van der Waals surface area contributed by atoms with E-state index in [2.05, 4.69) is 10.6 Å². The molecule has 0 aromatic heterocycles. The summed E-state index contributed by atoms with van der Waals surface area (Å²) >= 11 is 0. The van der Waals surface area contributed by atoms with Crippen LogP contribution in [-0.2, 0) is 9.53 Å². The van der Waals surface area contributed by atoms with Crippen LogP contribution in [0.15, 0.2) is 35.5 Å². The molecule has 0 fully saturated rings. The third-order valence-corrected chi connectivity index (χ3v) is 3.27. The number of amides is 2. The Kier molecular flexibility index (Phi) is 4.07. The topological polar surface area (TPSA) is 84.5 Å². The molecule has 0 saturated heterocycles. The molecule has 1 heterocycles. The van der Waals surface area contributed by atoms with Gasteiger partial charge in [-0.05, 0) is 13.8 Å². The zero-order valence-electron chi connectivity index (χ0n) is 12.0. The van der Waals surface area contributed by atoms with Gasteiger partial charge in [0.2, 0.25) is 0 Å². The van der Waals surface area contributed by atoms with Crippen molar-refractivity contribution in [2.45, 2.75) is 19.9 Å². The lowest BCUT2D eigenvalue weighted by molar-refractivity contribution is -0.136. The van der Waals surface area contributed by atoms with Crippen molar-refractivity contribution < 1.29 is 19.1 Å². The molecular weight excluding hydrogens is 272 g/mol. The van der Waals surface area contributed by atoms with Gasteiger partial charge in [-0.2, -0.15) is 0 Å². The van der Waals surface area contributed by atoms with Crippen molar-refractivity contribution >= 4 is 17.8 Å². The van der Waals surface area contributed by atoms with Gasteiger partial charge in [0.1, 0.15) is 6.04 Å². The van der Waals surface area contributed by atoms with E-state index in [1.165, 1.54) is 7.11 Å². The zero-order valence-corrected chi connectivity index (χ0v) is 12.0. The molecule has 1 aliphatic heterocycles. The Morgan fingerprint density at radius 2 is 1.76 bits per heavy atom. The first kappa shape index (κ1) is 14.8. The lowest BCUT2D eigenvalue weighted by Gasteiger charge is -2.26. The average Bonchev–Trinajstić information content (AvgIpc) is 2.45. The van der Waals surface area contributed by atoms with E-state index in [0.717, 1.165) is 5.56 Å². The molecule has 1 atom stereocenters. The van der Waals surface area contributed by atoms with E-state index < -0.39 is 18.0 Å². The van der Waals surface area contributed by atoms with Gasteiger partial charge in [0.15, 0.2) is 5.78 Å². The quantitative estimate of drug-likeness (QED) is 0.648. The molecule has 0 spiro atoms. The molecule has 6 heteroatoms. The van der Waals surface area contributed by atoms with Gasteiger partial charge in [0.25, 0.3) is 0 Å². The molecule has 0 unspecified atom stereocenters. The van der Waals surface area contributed by atoms with Crippen LogP contribution in [0.2, 0.25) is 0 Å². The van der Waals surface area contributed by atoms with Crippen molar-refractivity contribution in [1.29, 1.82) is 0 Å². The van der Waals surface area contributed by atoms with Gasteiger partial charge in [0, 0.05) is 11.3 Å². The first-order valence-corrected chi connectivity index (χ1v) is 6.41. The number of Topliss-reactive ketones (excluding diaryl/α,β-unsaturated/α-hetero) is 1. The van der Waals surface area contributed by atoms with Gasteiger partial charge in [-0.25, -0.2) is 9.59 Å². The molecule has 1 aromatic rings. The summed E-state index contributed by atoms with van der Waals surface area (Å²) < 4.78 is 4.69. The zero-order chi connectivity index (χ0) is 15.6. The summed E-state index contributed by atoms with van der Waals surface area (Å²) in [6.45, 7) is 3.46. The maximum atomic E-state index is 12.5. The number of ketones is 1. The predicted molar refractivity (Wildman–Crippen MR) is 75.7 cm³/mol. The van der Waals surface area contributed by atoms with E-state index in [1.807, 2.05) is 6.92 Å². The molecule has 6 nitrogen and oxygen atoms in total. The number of methoxy groups -OCH3 is 1. The number of urea groups is 1. The lowest BCUT2D eigenvalue weighted by Crippen LogP contribution is -2.53. The standard InChI is InChI=1S/C15H16N2O4/c1-8-4-6-10(7-5-8)13(18)12-11(14(19)21-3)9(2)16-15(20)17-12/h4-7,12H,1-3H3,(H2,16,17,20)/t12-/m0/s1. The second-order valence-electron chi connectivity index (χ2n) is 4.79. The Labute approximate surface area is 122 Å². The van der Waals surface area contributed by atoms with Crippen LogP contribution >= 0.6 is 0 Å². The highest BCUT2D eigenvalue weighted by Crippen LogP contribution is 2.18. The molecule has 21 heavy (non-hydrogen) atoms. The summed E-state index contributed by atoms with van der Waals surface area (Å²) in [7, 11) is 1.23. The van der Waals surface area contributed by atoms with Crippen LogP contribution in [0.3, 0.4) is 0 Å². The minimum atomic E-state index is -1.05. The monoisotopic (exact) mass is 288 g/mol. The molecule has 2 N–H and O–H groups in total. The van der Waals surface area contributed by atoms with Crippen molar-refractivity contribution in [2.75, 3.05) is 7.11 Å². The highest BCUT2D eigenvalue weighted by Gasteiger charge is 2.35. The summed E-state index contributed by atoms with van der Waals surface area (Å²) in [6.07, 6.45) is 0. The van der Waals surface area contributed by atoms with Crippen LogP contribution in [0.4, 0.5) is 4.79 Å². The van der Waals surface area contributed by atoms with Crippen LogP contribution in [0.1, 0.15) is 22.8 Å². The normalized spacial score (nSPS) is 17.9. The molecule has 2 rings (SSSR count). The number of benzene rings is 1. The fourth-order valence-corrected chi connectivity index (χ4v) is 2.16. The van der Waals surface area contributed by atoms with Crippen molar-refractivity contribution in [1.82, 2.24) is 10.6 Å². The lowest BCUT2D eigenvalue weighted by atomic mass is 9.94. The molecular formula is C15H16N2O4. The number of aryl methyl sites for hydroxylation is 1. The Morgan fingerprint density at radius 1 is 1.14 bits per heavy atom. The largest absolute Gasteiger partial charge is 0.466 e. The molecule has 1 aromatic carbocycles. The summed E-state index contributed by atoms with van der Waals surface area (Å²) in [6, 6.07) is 5.35. The smallest absolute Gasteiger partial charge is 0.338 e. The van der Waals surface area contributed by atoms with Gasteiger partial charge in [-0.3, -0.25) is 4.79 Å². The van der Waals surface area contributed by atoms with E-state index in [9.17, 15) is 14.4 Å². The number of carbonyl (C=O) groups excluding carboxylic acids is 3. The Hall–Kier alpha value is -2.63. The van der Waals surface area contributed by atoms with Gasteiger partial charge in [0.05, 0.1) is 12.7 Å². The van der Waals surface area contributed by atoms with Crippen LogP contribution in [0.5, 0.6) is 0 Å². The SMILES string of the molecule is COC(=O)C1=C(C)NC(=O)N[C@@H]1C(=O)c1ccc(C)cc1. The van der Waals surface area contributed by atoms with Crippen LogP contribution in [-0.4, -0.2) is 30.9 Å². The second-order valence-corrected chi connectivity index (χ2v) is 4.79. The van der Waals surface area contributed by atoms with Crippen LogP contribution in [0, 0.1) is 6.92 Å². The Bertz CT molecular complexity index is 632. The van der Waals surface area contributed by atoms with Gasteiger partial charge in [-0.1, -0.05) is 29.8 Å². The molecule has 0 aliphatic carbocycles. The van der Waals surface area contributed by atoms with Crippen molar-refractivity contribution in [3.8, 4) is 0 Å². The summed E-state index contributed by atoms with van der Waals surface area (Å²) in [5.74, 6) is -1.00.